The second-order valence-electron chi connectivity index (χ2n) is 4.16. The summed E-state index contributed by atoms with van der Waals surface area (Å²) in [5.41, 5.74) is 6.31. The normalized spacial score (nSPS) is 11.8. The molecule has 0 aliphatic carbocycles. The number of nitrogens with zero attached hydrogens (tertiary/aromatic N) is 1. The number of benzene rings is 1. The molecule has 1 aromatic rings. The molecule has 98 valence electrons. The van der Waals surface area contributed by atoms with Crippen molar-refractivity contribution in [1.29, 1.82) is 0 Å². The van der Waals surface area contributed by atoms with E-state index in [9.17, 15) is 9.59 Å². The van der Waals surface area contributed by atoms with Gasteiger partial charge < -0.3 is 16.0 Å². The Labute approximate surface area is 111 Å². The quantitative estimate of drug-likeness (QED) is 0.808. The van der Waals surface area contributed by atoms with Crippen LogP contribution in [-0.4, -0.2) is 36.9 Å². The molecule has 1 aromatic carbocycles. The Kier molecular flexibility index (Phi) is 4.55. The van der Waals surface area contributed by atoms with Crippen LogP contribution >= 0.6 is 11.6 Å². The fourth-order valence-corrected chi connectivity index (χ4v) is 1.53. The van der Waals surface area contributed by atoms with Gasteiger partial charge in [-0.2, -0.15) is 0 Å². The number of hydrogen-bond donors (Lipinski definition) is 2. The lowest BCUT2D eigenvalue weighted by Crippen LogP contribution is -2.44. The summed E-state index contributed by atoms with van der Waals surface area (Å²) in [6.45, 7) is 1.62. The Morgan fingerprint density at radius 3 is 2.50 bits per heavy atom. The zero-order valence-electron chi connectivity index (χ0n) is 10.5. The fourth-order valence-electron chi connectivity index (χ4n) is 1.41. The SMILES string of the molecule is CC(NC(=O)c1ccc(Cl)c(N)c1)C(=O)N(C)C. The number of amides is 2. The molecule has 0 spiro atoms. The monoisotopic (exact) mass is 269 g/mol. The van der Waals surface area contributed by atoms with Crippen molar-refractivity contribution in [2.45, 2.75) is 13.0 Å². The molecular weight excluding hydrogens is 254 g/mol. The van der Waals surface area contributed by atoms with Crippen molar-refractivity contribution in [1.82, 2.24) is 10.2 Å². The predicted molar refractivity (Wildman–Crippen MR) is 71.5 cm³/mol. The second-order valence-corrected chi connectivity index (χ2v) is 4.57. The van der Waals surface area contributed by atoms with Crippen LogP contribution in [0, 0.1) is 0 Å². The van der Waals surface area contributed by atoms with E-state index in [2.05, 4.69) is 5.32 Å². The lowest BCUT2D eigenvalue weighted by molar-refractivity contribution is -0.130. The molecular formula is C12H16ClN3O2. The van der Waals surface area contributed by atoms with E-state index in [0.29, 0.717) is 16.3 Å². The maximum absolute atomic E-state index is 11.9. The van der Waals surface area contributed by atoms with E-state index in [1.807, 2.05) is 0 Å². The van der Waals surface area contributed by atoms with Gasteiger partial charge in [0.05, 0.1) is 10.7 Å². The average molecular weight is 270 g/mol. The van der Waals surface area contributed by atoms with Crippen molar-refractivity contribution in [3.05, 3.63) is 28.8 Å². The molecule has 0 bridgehead atoms. The minimum Gasteiger partial charge on any atom is -0.398 e. The maximum Gasteiger partial charge on any atom is 0.251 e. The van der Waals surface area contributed by atoms with Gasteiger partial charge in [0.25, 0.3) is 5.91 Å². The minimum atomic E-state index is -0.593. The van der Waals surface area contributed by atoms with Crippen LogP contribution in [0.1, 0.15) is 17.3 Å². The van der Waals surface area contributed by atoms with Crippen LogP contribution in [-0.2, 0) is 4.79 Å². The molecule has 0 aliphatic rings. The van der Waals surface area contributed by atoms with Gasteiger partial charge in [0.1, 0.15) is 6.04 Å². The molecule has 3 N–H and O–H groups in total. The molecule has 0 saturated heterocycles. The number of nitrogens with two attached hydrogens (primary N) is 1. The summed E-state index contributed by atoms with van der Waals surface area (Å²) in [6, 6.07) is 3.99. The summed E-state index contributed by atoms with van der Waals surface area (Å²) >= 11 is 5.77. The van der Waals surface area contributed by atoms with Crippen molar-refractivity contribution < 1.29 is 9.59 Å². The smallest absolute Gasteiger partial charge is 0.251 e. The Bertz CT molecular complexity index is 474. The zero-order valence-corrected chi connectivity index (χ0v) is 11.3. The standard InChI is InChI=1S/C12H16ClN3O2/c1-7(12(18)16(2)3)15-11(17)8-4-5-9(13)10(14)6-8/h4-7H,14H2,1-3H3,(H,15,17). The first-order chi connectivity index (χ1) is 8.32. The van der Waals surface area contributed by atoms with Crippen molar-refractivity contribution in [2.75, 3.05) is 19.8 Å². The molecule has 0 aromatic heterocycles. The van der Waals surface area contributed by atoms with Gasteiger partial charge in [-0.1, -0.05) is 11.6 Å². The van der Waals surface area contributed by atoms with Gasteiger partial charge in [0.15, 0.2) is 0 Å². The summed E-state index contributed by atoms with van der Waals surface area (Å²) < 4.78 is 0. The van der Waals surface area contributed by atoms with Gasteiger partial charge in [0.2, 0.25) is 5.91 Å². The first-order valence-corrected chi connectivity index (χ1v) is 5.77. The number of carbonyl (C=O) groups is 2. The van der Waals surface area contributed by atoms with E-state index in [1.165, 1.54) is 11.0 Å². The molecule has 0 radical (unpaired) electrons. The molecule has 0 heterocycles. The van der Waals surface area contributed by atoms with Crippen molar-refractivity contribution >= 4 is 29.1 Å². The Balaban J connectivity index is 2.76. The Morgan fingerprint density at radius 2 is 2.00 bits per heavy atom. The number of halogens is 1. The van der Waals surface area contributed by atoms with Crippen LogP contribution in [0.3, 0.4) is 0 Å². The summed E-state index contributed by atoms with van der Waals surface area (Å²) in [7, 11) is 3.26. The van der Waals surface area contributed by atoms with E-state index in [-0.39, 0.29) is 11.8 Å². The van der Waals surface area contributed by atoms with Crippen LogP contribution in [0.4, 0.5) is 5.69 Å². The molecule has 2 amide bonds. The van der Waals surface area contributed by atoms with Gasteiger partial charge in [-0.3, -0.25) is 9.59 Å². The van der Waals surface area contributed by atoms with Gasteiger partial charge in [-0.25, -0.2) is 0 Å². The number of anilines is 1. The number of nitrogen functional groups attached to an aromatic ring is 1. The van der Waals surface area contributed by atoms with E-state index < -0.39 is 6.04 Å². The molecule has 6 heteroatoms. The largest absolute Gasteiger partial charge is 0.398 e. The third-order valence-electron chi connectivity index (χ3n) is 2.42. The van der Waals surface area contributed by atoms with Gasteiger partial charge in [0, 0.05) is 19.7 Å². The molecule has 1 rings (SSSR count). The minimum absolute atomic E-state index is 0.176. The lowest BCUT2D eigenvalue weighted by Gasteiger charge is -2.18. The van der Waals surface area contributed by atoms with Crippen molar-refractivity contribution in [3.8, 4) is 0 Å². The molecule has 0 aliphatic heterocycles. The van der Waals surface area contributed by atoms with E-state index in [1.54, 1.807) is 33.2 Å². The number of rotatable bonds is 3. The molecule has 0 saturated carbocycles. The highest BCUT2D eigenvalue weighted by molar-refractivity contribution is 6.33. The topological polar surface area (TPSA) is 75.4 Å². The van der Waals surface area contributed by atoms with E-state index in [4.69, 9.17) is 17.3 Å². The van der Waals surface area contributed by atoms with Crippen molar-refractivity contribution in [2.24, 2.45) is 0 Å². The fraction of sp³-hybridized carbons (Fsp3) is 0.333. The predicted octanol–water partition coefficient (Wildman–Crippen LogP) is 1.13. The summed E-state index contributed by atoms with van der Waals surface area (Å²) in [5.74, 6) is -0.536. The van der Waals surface area contributed by atoms with Gasteiger partial charge in [-0.05, 0) is 25.1 Å². The molecule has 18 heavy (non-hydrogen) atoms. The van der Waals surface area contributed by atoms with Gasteiger partial charge >= 0.3 is 0 Å². The second kappa shape index (κ2) is 5.73. The van der Waals surface area contributed by atoms with Crippen LogP contribution in [0.5, 0.6) is 0 Å². The number of nitrogens with one attached hydrogen (secondary N) is 1. The van der Waals surface area contributed by atoms with Crippen LogP contribution in [0.25, 0.3) is 0 Å². The highest BCUT2D eigenvalue weighted by atomic mass is 35.5. The van der Waals surface area contributed by atoms with E-state index in [0.717, 1.165) is 0 Å². The maximum atomic E-state index is 11.9. The molecule has 1 unspecified atom stereocenters. The Hall–Kier alpha value is -1.75. The van der Waals surface area contributed by atoms with Crippen LogP contribution in [0.15, 0.2) is 18.2 Å². The third-order valence-corrected chi connectivity index (χ3v) is 2.76. The molecule has 5 nitrogen and oxygen atoms in total. The molecule has 0 fully saturated rings. The summed E-state index contributed by atoms with van der Waals surface area (Å²) in [4.78, 5) is 24.9. The van der Waals surface area contributed by atoms with Crippen molar-refractivity contribution in [3.63, 3.8) is 0 Å². The zero-order chi connectivity index (χ0) is 13.9. The van der Waals surface area contributed by atoms with Crippen LogP contribution < -0.4 is 11.1 Å². The number of hydrogen-bond acceptors (Lipinski definition) is 3. The van der Waals surface area contributed by atoms with E-state index >= 15 is 0 Å². The van der Waals surface area contributed by atoms with Crippen LogP contribution in [0.2, 0.25) is 5.02 Å². The summed E-state index contributed by atoms with van der Waals surface area (Å²) in [6.07, 6.45) is 0. The first-order valence-electron chi connectivity index (χ1n) is 5.40. The number of likely N-dealkylation sites (N-methyl/N-ethyl adjacent to an activating group) is 1. The third kappa shape index (κ3) is 3.37. The highest BCUT2D eigenvalue weighted by Gasteiger charge is 2.18. The van der Waals surface area contributed by atoms with Gasteiger partial charge in [-0.15, -0.1) is 0 Å². The number of carbonyl (C=O) groups excluding carboxylic acids is 2. The first kappa shape index (κ1) is 14.3. The molecule has 1 atom stereocenters. The average Bonchev–Trinajstić information content (AvgIpc) is 2.31. The highest BCUT2D eigenvalue weighted by Crippen LogP contribution is 2.19. The lowest BCUT2D eigenvalue weighted by atomic mass is 10.1. The Morgan fingerprint density at radius 1 is 1.39 bits per heavy atom. The summed E-state index contributed by atoms with van der Waals surface area (Å²) in [5, 5.41) is 2.99.